The predicted molar refractivity (Wildman–Crippen MR) is 31.3 cm³/mol. The second-order valence-electron chi connectivity index (χ2n) is 2.01. The first-order chi connectivity index (χ1) is 3.27. The highest BCUT2D eigenvalue weighted by Crippen LogP contribution is 2.25. The van der Waals surface area contributed by atoms with Crippen LogP contribution in [-0.4, -0.2) is 28.8 Å². The Bertz CT molecular complexity index is 66.6. The van der Waals surface area contributed by atoms with E-state index in [1.807, 2.05) is 0 Å². The summed E-state index contributed by atoms with van der Waals surface area (Å²) in [5.74, 6) is 1.84. The van der Waals surface area contributed by atoms with Crippen LogP contribution in [-0.2, 0) is 0 Å². The third kappa shape index (κ3) is 0.900. The number of rotatable bonds is 1. The van der Waals surface area contributed by atoms with Crippen LogP contribution in [0.15, 0.2) is 0 Å². The van der Waals surface area contributed by atoms with E-state index < -0.39 is 0 Å². The number of thioether (sulfide) groups is 1. The molecule has 2 nitrogen and oxygen atoms in total. The number of aliphatic hydroxyl groups excluding tert-OH is 1. The Morgan fingerprint density at radius 2 is 2.29 bits per heavy atom. The Hall–Kier alpha value is 0.270. The molecule has 1 heterocycles. The van der Waals surface area contributed by atoms with Crippen LogP contribution >= 0.6 is 11.8 Å². The lowest BCUT2D eigenvalue weighted by atomic mass is 10.1. The van der Waals surface area contributed by atoms with Gasteiger partial charge in [-0.25, -0.2) is 0 Å². The largest absolute Gasteiger partial charge is 0.394 e. The molecule has 0 aromatic rings. The van der Waals surface area contributed by atoms with Crippen LogP contribution in [0.5, 0.6) is 0 Å². The molecule has 1 fully saturated rings. The first kappa shape index (κ1) is 5.41. The molecule has 3 N–H and O–H groups in total. The number of aliphatic hydroxyl groups is 1. The van der Waals surface area contributed by atoms with Gasteiger partial charge in [-0.05, 0) is 0 Å². The van der Waals surface area contributed by atoms with Crippen molar-refractivity contribution in [3.05, 3.63) is 0 Å². The summed E-state index contributed by atoms with van der Waals surface area (Å²) in [4.78, 5) is 0. The minimum absolute atomic E-state index is 0.139. The van der Waals surface area contributed by atoms with Crippen LogP contribution in [0, 0.1) is 0 Å². The van der Waals surface area contributed by atoms with Gasteiger partial charge in [0.1, 0.15) is 0 Å². The molecule has 0 aromatic carbocycles. The van der Waals surface area contributed by atoms with E-state index in [9.17, 15) is 0 Å². The van der Waals surface area contributed by atoms with E-state index in [1.165, 1.54) is 0 Å². The fraction of sp³-hybridized carbons (Fsp3) is 1.00. The van der Waals surface area contributed by atoms with Crippen LogP contribution in [0.4, 0.5) is 0 Å². The zero-order chi connectivity index (χ0) is 5.33. The Morgan fingerprint density at radius 1 is 1.71 bits per heavy atom. The topological polar surface area (TPSA) is 46.2 Å². The predicted octanol–water partition coefficient (Wildman–Crippen LogP) is -0.577. The highest BCUT2D eigenvalue weighted by molar-refractivity contribution is 8.00. The molecule has 0 saturated carbocycles. The lowest BCUT2D eigenvalue weighted by Crippen LogP contribution is -2.55. The van der Waals surface area contributed by atoms with E-state index in [0.717, 1.165) is 11.5 Å². The van der Waals surface area contributed by atoms with Crippen LogP contribution in [0.2, 0.25) is 0 Å². The summed E-state index contributed by atoms with van der Waals surface area (Å²) in [6, 6.07) is 0. The van der Waals surface area contributed by atoms with E-state index >= 15 is 0 Å². The Kier molecular flexibility index (Phi) is 1.28. The Balaban J connectivity index is 2.29. The first-order valence-electron chi connectivity index (χ1n) is 2.24. The summed E-state index contributed by atoms with van der Waals surface area (Å²) in [6.07, 6.45) is 0. The molecule has 0 unspecified atom stereocenters. The molecule has 1 aliphatic rings. The van der Waals surface area contributed by atoms with Gasteiger partial charge in [-0.2, -0.15) is 11.8 Å². The molecular formula is C4H9NOS. The molecule has 3 heteroatoms. The van der Waals surface area contributed by atoms with E-state index in [-0.39, 0.29) is 12.1 Å². The van der Waals surface area contributed by atoms with Gasteiger partial charge < -0.3 is 10.8 Å². The summed E-state index contributed by atoms with van der Waals surface area (Å²) in [7, 11) is 0. The Labute approximate surface area is 47.1 Å². The van der Waals surface area contributed by atoms with E-state index in [4.69, 9.17) is 10.8 Å². The summed E-state index contributed by atoms with van der Waals surface area (Å²) >= 11 is 1.78. The van der Waals surface area contributed by atoms with Crippen molar-refractivity contribution in [2.24, 2.45) is 5.73 Å². The molecule has 7 heavy (non-hydrogen) atoms. The maximum absolute atomic E-state index is 8.51. The fourth-order valence-corrected chi connectivity index (χ4v) is 1.37. The normalized spacial score (nSPS) is 26.6. The molecule has 1 rings (SSSR count). The second kappa shape index (κ2) is 1.65. The number of hydrogen-bond acceptors (Lipinski definition) is 3. The van der Waals surface area contributed by atoms with Gasteiger partial charge >= 0.3 is 0 Å². The molecule has 42 valence electrons. The van der Waals surface area contributed by atoms with Crippen molar-refractivity contribution in [1.29, 1.82) is 0 Å². The van der Waals surface area contributed by atoms with E-state index in [0.29, 0.717) is 0 Å². The summed E-state index contributed by atoms with van der Waals surface area (Å²) in [6.45, 7) is 0.139. The SMILES string of the molecule is NC1(CO)CSC1. The van der Waals surface area contributed by atoms with Crippen LogP contribution in [0.1, 0.15) is 0 Å². The maximum atomic E-state index is 8.51. The van der Waals surface area contributed by atoms with Crippen molar-refractivity contribution in [1.82, 2.24) is 0 Å². The molecule has 0 aliphatic carbocycles. The standard InChI is InChI=1S/C4H9NOS/c5-4(1-6)2-7-3-4/h6H,1-3,5H2. The molecule has 0 amide bonds. The maximum Gasteiger partial charge on any atom is 0.0627 e. The highest BCUT2D eigenvalue weighted by atomic mass is 32.2. The van der Waals surface area contributed by atoms with Gasteiger partial charge in [-0.15, -0.1) is 0 Å². The van der Waals surface area contributed by atoms with Crippen molar-refractivity contribution in [2.75, 3.05) is 18.1 Å². The van der Waals surface area contributed by atoms with Crippen molar-refractivity contribution in [3.8, 4) is 0 Å². The van der Waals surface area contributed by atoms with Gasteiger partial charge in [-0.1, -0.05) is 0 Å². The van der Waals surface area contributed by atoms with Crippen molar-refractivity contribution in [3.63, 3.8) is 0 Å². The average Bonchev–Trinajstić information content (AvgIpc) is 1.61. The lowest BCUT2D eigenvalue weighted by molar-refractivity contribution is 0.220. The molecule has 0 atom stereocenters. The number of hydrogen-bond donors (Lipinski definition) is 2. The highest BCUT2D eigenvalue weighted by Gasteiger charge is 2.32. The Morgan fingerprint density at radius 3 is 2.29 bits per heavy atom. The zero-order valence-corrected chi connectivity index (χ0v) is 4.87. The summed E-state index contributed by atoms with van der Waals surface area (Å²) < 4.78 is 0. The van der Waals surface area contributed by atoms with Gasteiger partial charge in [0.25, 0.3) is 0 Å². The van der Waals surface area contributed by atoms with Gasteiger partial charge in [0.15, 0.2) is 0 Å². The summed E-state index contributed by atoms with van der Waals surface area (Å²) in [5, 5.41) is 8.51. The molecule has 0 radical (unpaired) electrons. The third-order valence-electron chi connectivity index (χ3n) is 1.09. The van der Waals surface area contributed by atoms with Gasteiger partial charge in [-0.3, -0.25) is 0 Å². The van der Waals surface area contributed by atoms with Crippen LogP contribution in [0.25, 0.3) is 0 Å². The number of nitrogens with two attached hydrogens (primary N) is 1. The summed E-state index contributed by atoms with van der Waals surface area (Å²) in [5.41, 5.74) is 5.31. The molecule has 0 bridgehead atoms. The van der Waals surface area contributed by atoms with Crippen LogP contribution in [0.3, 0.4) is 0 Å². The van der Waals surface area contributed by atoms with E-state index in [1.54, 1.807) is 11.8 Å². The third-order valence-corrected chi connectivity index (χ3v) is 2.65. The molecule has 1 aliphatic heterocycles. The minimum atomic E-state index is -0.218. The smallest absolute Gasteiger partial charge is 0.0627 e. The van der Waals surface area contributed by atoms with Crippen molar-refractivity contribution in [2.45, 2.75) is 5.54 Å². The van der Waals surface area contributed by atoms with Gasteiger partial charge in [0.2, 0.25) is 0 Å². The van der Waals surface area contributed by atoms with Gasteiger partial charge in [0, 0.05) is 11.5 Å². The molecule has 0 aromatic heterocycles. The zero-order valence-electron chi connectivity index (χ0n) is 4.05. The van der Waals surface area contributed by atoms with Crippen LogP contribution < -0.4 is 5.73 Å². The quantitative estimate of drug-likeness (QED) is 0.485. The fourth-order valence-electron chi connectivity index (χ4n) is 0.456. The molecule has 0 spiro atoms. The van der Waals surface area contributed by atoms with Crippen molar-refractivity contribution >= 4 is 11.8 Å². The molecule has 1 saturated heterocycles. The minimum Gasteiger partial charge on any atom is -0.394 e. The lowest BCUT2D eigenvalue weighted by Gasteiger charge is -2.34. The molecular weight excluding hydrogens is 110 g/mol. The van der Waals surface area contributed by atoms with Gasteiger partial charge in [0.05, 0.1) is 12.1 Å². The second-order valence-corrected chi connectivity index (χ2v) is 3.00. The average molecular weight is 119 g/mol. The van der Waals surface area contributed by atoms with Crippen molar-refractivity contribution < 1.29 is 5.11 Å². The first-order valence-corrected chi connectivity index (χ1v) is 3.40. The monoisotopic (exact) mass is 119 g/mol. The van der Waals surface area contributed by atoms with E-state index in [2.05, 4.69) is 0 Å².